The Morgan fingerprint density at radius 2 is 1.32 bits per heavy atom. The number of carbonyl (C=O) groups is 5. The van der Waals surface area contributed by atoms with Gasteiger partial charge in [-0.3, -0.25) is 29.5 Å². The maximum atomic E-state index is 14.0. The van der Waals surface area contributed by atoms with E-state index < -0.39 is 24.1 Å². The second-order valence-corrected chi connectivity index (χ2v) is 18.9. The molecule has 1 aromatic heterocycles. The minimum atomic E-state index is -5.19. The van der Waals surface area contributed by atoms with Crippen LogP contribution in [0.15, 0.2) is 114 Å². The molecule has 0 spiro atoms. The van der Waals surface area contributed by atoms with Gasteiger partial charge in [0, 0.05) is 83.7 Å². The number of phenolic OH excluding ortho intramolecular Hbond substituents is 1. The van der Waals surface area contributed by atoms with Gasteiger partial charge in [-0.05, 0) is 108 Å². The highest BCUT2D eigenvalue weighted by Gasteiger charge is 2.30. The van der Waals surface area contributed by atoms with Crippen LogP contribution in [0.4, 0.5) is 18.9 Å². The normalized spacial score (nSPS) is 13.5. The molecule has 402 valence electrons. The SMILES string of the molecule is Cc1cc(/C=C/c2cc3c4c(c2)CCCN4CCC3)cc(C)[n+]1CCCNC(=O)CCCC(=O)NC(N)=NCCC[C@@H](NC(=O)C(c1ccccc1)c1ccccc1)C(=O)NCc1ccc(O)cc1.O=C([O-])C(F)(F)F. The van der Waals surface area contributed by atoms with Crippen molar-refractivity contribution in [1.29, 1.82) is 0 Å². The van der Waals surface area contributed by atoms with Crippen LogP contribution < -0.4 is 41.6 Å². The first-order valence-electron chi connectivity index (χ1n) is 25.7. The molecular weight excluding hydrogens is 978 g/mol. The Labute approximate surface area is 441 Å². The van der Waals surface area contributed by atoms with Crippen molar-refractivity contribution in [3.63, 3.8) is 0 Å². The molecule has 4 amide bonds. The van der Waals surface area contributed by atoms with Gasteiger partial charge in [-0.15, -0.1) is 0 Å². The summed E-state index contributed by atoms with van der Waals surface area (Å²) in [5.74, 6) is -4.74. The van der Waals surface area contributed by atoms with Crippen LogP contribution in [-0.2, 0) is 49.9 Å². The van der Waals surface area contributed by atoms with E-state index in [1.54, 1.807) is 24.3 Å². The molecule has 0 saturated heterocycles. The highest BCUT2D eigenvalue weighted by molar-refractivity contribution is 5.96. The summed E-state index contributed by atoms with van der Waals surface area (Å²) in [6.45, 7) is 8.32. The van der Waals surface area contributed by atoms with Crippen LogP contribution in [0.25, 0.3) is 12.2 Å². The number of pyridine rings is 1. The predicted molar refractivity (Wildman–Crippen MR) is 283 cm³/mol. The van der Waals surface area contributed by atoms with E-state index in [0.29, 0.717) is 19.4 Å². The molecule has 5 aromatic rings. The number of aromatic hydroxyl groups is 1. The van der Waals surface area contributed by atoms with Crippen molar-refractivity contribution in [2.75, 3.05) is 31.1 Å². The fourth-order valence-corrected chi connectivity index (χ4v) is 9.47. The lowest BCUT2D eigenvalue weighted by Crippen LogP contribution is -2.48. The van der Waals surface area contributed by atoms with Gasteiger partial charge >= 0.3 is 6.18 Å². The Morgan fingerprint density at radius 1 is 0.763 bits per heavy atom. The molecule has 0 aliphatic carbocycles. The molecule has 2 aliphatic heterocycles. The van der Waals surface area contributed by atoms with Crippen LogP contribution in [-0.4, -0.2) is 79.1 Å². The number of benzene rings is 4. The largest absolute Gasteiger partial charge is 0.542 e. The van der Waals surface area contributed by atoms with Crippen LogP contribution in [0.1, 0.15) is 108 Å². The molecule has 4 aromatic carbocycles. The number of carbonyl (C=O) groups excluding carboxylic acids is 5. The molecular formula is C58H67F3N8O7. The Morgan fingerprint density at radius 3 is 1.88 bits per heavy atom. The standard InChI is InChI=1S/C56H66N8O5.C2HF3O2/c1-39-34-42(23-24-43-36-46-18-11-31-63-32-12-19-47(37-43)53(46)63)35-40(2)64(39)33-13-30-58-50(66)21-9-22-51(67)62-56(57)59-29-10-20-49(54(68)60-38-41-25-27-48(65)28-26-41)61-55(69)52(44-14-5-3-6-15-44)45-16-7-4-8-17-45;3-2(4,5)1(6)7/h3-8,14-17,23-28,34-37,49,52H,9-13,18-22,29-33,38H2,1-2H3,(H6-,57,58,59,60,61,62,65,66,67,68,69);(H,6,7)/t49-;/m1./s1. The number of aliphatic carboxylic acids is 1. The zero-order valence-corrected chi connectivity index (χ0v) is 43.0. The molecule has 7 rings (SSSR count). The van der Waals surface area contributed by atoms with Gasteiger partial charge in [0.05, 0.1) is 5.92 Å². The van der Waals surface area contributed by atoms with E-state index in [0.717, 1.165) is 42.5 Å². The summed E-state index contributed by atoms with van der Waals surface area (Å²) in [4.78, 5) is 68.5. The smallest absolute Gasteiger partial charge is 0.430 e. The van der Waals surface area contributed by atoms with Gasteiger partial charge in [-0.1, -0.05) is 84.9 Å². The van der Waals surface area contributed by atoms with E-state index in [2.05, 4.69) is 86.0 Å². The summed E-state index contributed by atoms with van der Waals surface area (Å²) in [5, 5.41) is 29.9. The molecule has 15 nitrogen and oxygen atoms in total. The maximum Gasteiger partial charge on any atom is 0.430 e. The van der Waals surface area contributed by atoms with Crippen molar-refractivity contribution in [2.45, 2.75) is 109 Å². The van der Waals surface area contributed by atoms with E-state index in [1.807, 2.05) is 60.7 Å². The molecule has 1 atom stereocenters. The number of carboxylic acid groups (broad SMARTS) is 1. The minimum Gasteiger partial charge on any atom is -0.542 e. The molecule has 3 heterocycles. The second kappa shape index (κ2) is 28.0. The summed E-state index contributed by atoms with van der Waals surface area (Å²) in [6.07, 6.45) is 6.11. The summed E-state index contributed by atoms with van der Waals surface area (Å²) in [7, 11) is 0. The number of guanidine groups is 1. The number of aromatic nitrogens is 1. The van der Waals surface area contributed by atoms with Crippen LogP contribution >= 0.6 is 0 Å². The third-order valence-corrected chi connectivity index (χ3v) is 13.1. The summed E-state index contributed by atoms with van der Waals surface area (Å²) in [6, 6.07) is 33.6. The van der Waals surface area contributed by atoms with Gasteiger partial charge < -0.3 is 41.6 Å². The number of hydrogen-bond donors (Lipinski definition) is 6. The highest BCUT2D eigenvalue weighted by Crippen LogP contribution is 2.36. The first-order valence-corrected chi connectivity index (χ1v) is 25.7. The number of amides is 4. The minimum absolute atomic E-state index is 0.0579. The molecule has 18 heteroatoms. The number of nitrogens with two attached hydrogens (primary N) is 1. The predicted octanol–water partition coefficient (Wildman–Crippen LogP) is 5.99. The lowest BCUT2D eigenvalue weighted by atomic mass is 9.90. The molecule has 0 radical (unpaired) electrons. The lowest BCUT2D eigenvalue weighted by molar-refractivity contribution is -0.708. The second-order valence-electron chi connectivity index (χ2n) is 18.9. The quantitative estimate of drug-likeness (QED) is 0.0220. The fourth-order valence-electron chi connectivity index (χ4n) is 9.47. The maximum absolute atomic E-state index is 14.0. The highest BCUT2D eigenvalue weighted by atomic mass is 19.4. The van der Waals surface area contributed by atoms with Crippen LogP contribution in [0.5, 0.6) is 5.75 Å². The monoisotopic (exact) mass is 1040 g/mol. The molecule has 0 bridgehead atoms. The van der Waals surface area contributed by atoms with Crippen molar-refractivity contribution in [3.8, 4) is 5.75 Å². The number of nitrogens with zero attached hydrogens (tertiary/aromatic N) is 3. The third-order valence-electron chi connectivity index (χ3n) is 13.1. The fraction of sp³-hybridized carbons (Fsp3) is 0.362. The van der Waals surface area contributed by atoms with E-state index in [1.165, 1.54) is 65.3 Å². The molecule has 0 fully saturated rings. The van der Waals surface area contributed by atoms with Gasteiger partial charge in [0.15, 0.2) is 23.9 Å². The van der Waals surface area contributed by atoms with Crippen LogP contribution in [0.2, 0.25) is 0 Å². The summed E-state index contributed by atoms with van der Waals surface area (Å²) < 4.78 is 33.8. The van der Waals surface area contributed by atoms with Gasteiger partial charge in [0.25, 0.3) is 0 Å². The van der Waals surface area contributed by atoms with Crippen molar-refractivity contribution < 1.29 is 51.9 Å². The first-order chi connectivity index (χ1) is 36.4. The Bertz CT molecular complexity index is 2750. The molecule has 76 heavy (non-hydrogen) atoms. The third kappa shape index (κ3) is 17.6. The van der Waals surface area contributed by atoms with Gasteiger partial charge in [-0.25, -0.2) is 4.57 Å². The van der Waals surface area contributed by atoms with Gasteiger partial charge in [0.2, 0.25) is 23.6 Å². The van der Waals surface area contributed by atoms with Crippen molar-refractivity contribution in [3.05, 3.63) is 160 Å². The number of carboxylic acids is 1. The van der Waals surface area contributed by atoms with E-state index >= 15 is 0 Å². The van der Waals surface area contributed by atoms with E-state index in [9.17, 15) is 37.5 Å². The number of phenols is 1. The number of anilines is 1. The Balaban J connectivity index is 0.00000125. The number of rotatable bonds is 21. The molecule has 0 saturated carbocycles. The van der Waals surface area contributed by atoms with Crippen LogP contribution in [0.3, 0.4) is 0 Å². The van der Waals surface area contributed by atoms with Crippen LogP contribution in [0, 0.1) is 13.8 Å². The summed E-state index contributed by atoms with van der Waals surface area (Å²) in [5.41, 5.74) is 17.7. The lowest BCUT2D eigenvalue weighted by Gasteiger charge is -2.37. The Hall–Kier alpha value is -8.02. The molecule has 2 aliphatic rings. The molecule has 0 unspecified atom stereocenters. The topological polar surface area (TPSA) is 222 Å². The van der Waals surface area contributed by atoms with Gasteiger partial charge in [-0.2, -0.15) is 13.2 Å². The van der Waals surface area contributed by atoms with Crippen molar-refractivity contribution in [2.24, 2.45) is 10.7 Å². The molecule has 7 N–H and O–H groups in total. The number of nitrogens with one attached hydrogen (secondary N) is 4. The zero-order chi connectivity index (χ0) is 54.6. The zero-order valence-electron chi connectivity index (χ0n) is 43.0. The Kier molecular flexibility index (Phi) is 21.1. The number of alkyl halides is 3. The first kappa shape index (κ1) is 57.3. The average molecular weight is 1050 g/mol. The number of halogens is 3. The number of hydrogen-bond acceptors (Lipinski definition) is 9. The average Bonchev–Trinajstić information content (AvgIpc) is 3.40. The van der Waals surface area contributed by atoms with E-state index in [4.69, 9.17) is 15.6 Å². The summed E-state index contributed by atoms with van der Waals surface area (Å²) >= 11 is 0. The number of aliphatic imine (C=N–C) groups is 1. The van der Waals surface area contributed by atoms with Gasteiger partial charge in [0.1, 0.15) is 17.8 Å². The van der Waals surface area contributed by atoms with Crippen molar-refractivity contribution >= 4 is 53.4 Å². The van der Waals surface area contributed by atoms with E-state index in [-0.39, 0.29) is 67.7 Å². The van der Waals surface area contributed by atoms with Crippen molar-refractivity contribution in [1.82, 2.24) is 21.3 Å². The number of aryl methyl sites for hydroxylation is 4.